The van der Waals surface area contributed by atoms with Crippen molar-refractivity contribution < 1.29 is 41.2 Å². The zero-order valence-electron chi connectivity index (χ0n) is 20.4. The van der Waals surface area contributed by atoms with Gasteiger partial charge in [0.05, 0.1) is 0 Å². The third-order valence-electron chi connectivity index (χ3n) is 4.72. The molecule has 0 saturated carbocycles. The van der Waals surface area contributed by atoms with E-state index in [2.05, 4.69) is 52.4 Å². The SMILES string of the molecule is C.C.Fc1ccc(Br)c2c1oc1ccccc12.Fc1cccc(F)c1Oc1cccc(I)c1.[B].[CH2-]CCC.[Li+]. The van der Waals surface area contributed by atoms with Crippen LogP contribution in [0.15, 0.2) is 87.8 Å². The molecule has 4 aromatic carbocycles. The van der Waals surface area contributed by atoms with Crippen molar-refractivity contribution in [3.05, 3.63) is 111 Å². The van der Waals surface area contributed by atoms with Crippen molar-refractivity contribution in [3.8, 4) is 11.5 Å². The van der Waals surface area contributed by atoms with Gasteiger partial charge in [0.15, 0.2) is 28.8 Å². The first-order chi connectivity index (χ1) is 16.8. The van der Waals surface area contributed by atoms with Crippen LogP contribution in [0.1, 0.15) is 34.6 Å². The van der Waals surface area contributed by atoms with E-state index in [0.717, 1.165) is 37.4 Å². The average Bonchev–Trinajstić information content (AvgIpc) is 3.26. The quantitative estimate of drug-likeness (QED) is 0.107. The second-order valence-electron chi connectivity index (χ2n) is 7.30. The number of furan rings is 1. The summed E-state index contributed by atoms with van der Waals surface area (Å²) in [7, 11) is 0. The van der Waals surface area contributed by atoms with Crippen molar-refractivity contribution in [2.24, 2.45) is 0 Å². The molecule has 0 N–H and O–H groups in total. The fourth-order valence-electron chi connectivity index (χ4n) is 2.98. The Kier molecular flexibility index (Phi) is 19.4. The van der Waals surface area contributed by atoms with Crippen molar-refractivity contribution in [2.45, 2.75) is 34.6 Å². The van der Waals surface area contributed by atoms with Crippen LogP contribution in [-0.2, 0) is 0 Å². The molecule has 0 saturated heterocycles. The minimum atomic E-state index is -0.709. The second-order valence-corrected chi connectivity index (χ2v) is 9.40. The largest absolute Gasteiger partial charge is 1.00 e. The standard InChI is InChI=1S/C12H6BrFO.C12H7F2IO.C4H9.2CH4.B.Li/c13-8-5-6-9(14)12-11(8)7-3-1-2-4-10(7)15-12;13-10-5-2-6-11(14)12(10)16-9-4-1-3-8(15)7-9;1-3-4-2;;;;/h1-6H;1-7H;1,3-4H2,2H3;2*1H4;;/q;;-1;;;;+1. The fourth-order valence-corrected chi connectivity index (χ4v) is 4.02. The maximum absolute atomic E-state index is 13.5. The topological polar surface area (TPSA) is 22.4 Å². The smallest absolute Gasteiger partial charge is 0.453 e. The molecule has 201 valence electrons. The Bertz CT molecular complexity index is 1410. The Morgan fingerprint density at radius 1 is 0.872 bits per heavy atom. The summed E-state index contributed by atoms with van der Waals surface area (Å²) in [5.74, 6) is -1.71. The van der Waals surface area contributed by atoms with Crippen molar-refractivity contribution in [3.63, 3.8) is 0 Å². The average molecular weight is 704 g/mol. The molecule has 39 heavy (non-hydrogen) atoms. The number of fused-ring (bicyclic) bond motifs is 3. The van der Waals surface area contributed by atoms with E-state index in [0.29, 0.717) is 16.9 Å². The van der Waals surface area contributed by atoms with Gasteiger partial charge in [-0.2, -0.15) is 6.42 Å². The summed E-state index contributed by atoms with van der Waals surface area (Å²) in [6.45, 7) is 5.72. The number of unbranched alkanes of at least 4 members (excludes halogenated alkanes) is 1. The van der Waals surface area contributed by atoms with Crippen LogP contribution in [0.3, 0.4) is 0 Å². The predicted octanol–water partition coefficient (Wildman–Crippen LogP) is 8.37. The molecule has 5 rings (SSSR count). The number of benzene rings is 4. The minimum Gasteiger partial charge on any atom is -0.453 e. The first-order valence-corrected chi connectivity index (χ1v) is 12.6. The summed E-state index contributed by atoms with van der Waals surface area (Å²) in [6.07, 6.45) is 2.28. The van der Waals surface area contributed by atoms with Crippen molar-refractivity contribution in [1.29, 1.82) is 0 Å². The van der Waals surface area contributed by atoms with Crippen LogP contribution in [0.2, 0.25) is 0 Å². The van der Waals surface area contributed by atoms with Crippen LogP contribution in [0.25, 0.3) is 21.9 Å². The molecule has 0 atom stereocenters. The molecule has 1 aromatic heterocycles. The Morgan fingerprint density at radius 3 is 2.05 bits per heavy atom. The number of para-hydroxylation sites is 2. The summed E-state index contributed by atoms with van der Waals surface area (Å²) in [4.78, 5) is 0. The van der Waals surface area contributed by atoms with Gasteiger partial charge in [0.1, 0.15) is 11.3 Å². The van der Waals surface area contributed by atoms with Gasteiger partial charge in [0, 0.05) is 27.2 Å². The summed E-state index contributed by atoms with van der Waals surface area (Å²) < 4.78 is 52.4. The molecule has 0 bridgehead atoms. The van der Waals surface area contributed by atoms with Crippen LogP contribution in [0.4, 0.5) is 13.2 Å². The molecular formula is C30H30BBrF3ILiO2. The molecule has 2 nitrogen and oxygen atoms in total. The molecule has 0 spiro atoms. The molecule has 0 unspecified atom stereocenters. The molecule has 9 heteroatoms. The Morgan fingerprint density at radius 2 is 1.46 bits per heavy atom. The molecule has 0 amide bonds. The summed E-state index contributed by atoms with van der Waals surface area (Å²) in [6, 6.07) is 21.2. The van der Waals surface area contributed by atoms with Gasteiger partial charge in [-0.25, -0.2) is 13.2 Å². The third kappa shape index (κ3) is 10.6. The predicted molar refractivity (Wildman–Crippen MR) is 166 cm³/mol. The number of halogens is 5. The van der Waals surface area contributed by atoms with Gasteiger partial charge < -0.3 is 16.1 Å². The number of ether oxygens (including phenoxy) is 1. The zero-order chi connectivity index (χ0) is 25.4. The van der Waals surface area contributed by atoms with Gasteiger partial charge in [-0.05, 0) is 71.1 Å². The van der Waals surface area contributed by atoms with Gasteiger partial charge in [-0.15, -0.1) is 0 Å². The van der Waals surface area contributed by atoms with E-state index in [4.69, 9.17) is 9.15 Å². The van der Waals surface area contributed by atoms with Gasteiger partial charge >= 0.3 is 18.9 Å². The van der Waals surface area contributed by atoms with E-state index in [9.17, 15) is 13.2 Å². The van der Waals surface area contributed by atoms with Gasteiger partial charge in [0.2, 0.25) is 0 Å². The van der Waals surface area contributed by atoms with Crippen LogP contribution in [-0.4, -0.2) is 8.41 Å². The first-order valence-electron chi connectivity index (χ1n) is 10.8. The monoisotopic (exact) mass is 703 g/mol. The maximum Gasteiger partial charge on any atom is 1.00 e. The molecule has 5 aromatic rings. The fraction of sp³-hybridized carbons (Fsp3) is 0.167. The Labute approximate surface area is 265 Å². The first kappa shape index (κ1) is 39.3. The summed E-state index contributed by atoms with van der Waals surface area (Å²) >= 11 is 5.50. The normalized spacial score (nSPS) is 9.31. The maximum atomic E-state index is 13.5. The van der Waals surface area contributed by atoms with E-state index in [1.165, 1.54) is 18.6 Å². The number of hydrogen-bond acceptors (Lipinski definition) is 2. The minimum absolute atomic E-state index is 0. The van der Waals surface area contributed by atoms with E-state index in [1.54, 1.807) is 24.3 Å². The van der Waals surface area contributed by atoms with Crippen molar-refractivity contribution in [1.82, 2.24) is 0 Å². The second kappa shape index (κ2) is 19.3. The zero-order valence-corrected chi connectivity index (χ0v) is 24.2. The summed E-state index contributed by atoms with van der Waals surface area (Å²) in [5.41, 5.74) is 1.02. The molecular weight excluding hydrogens is 674 g/mol. The molecule has 0 aliphatic rings. The van der Waals surface area contributed by atoms with Gasteiger partial charge in [-0.1, -0.05) is 74.5 Å². The number of rotatable bonds is 3. The van der Waals surface area contributed by atoms with E-state index in [-0.39, 0.29) is 53.7 Å². The number of hydrogen-bond donors (Lipinski definition) is 0. The van der Waals surface area contributed by atoms with Crippen LogP contribution in [0, 0.1) is 27.9 Å². The molecule has 3 radical (unpaired) electrons. The van der Waals surface area contributed by atoms with Crippen molar-refractivity contribution >= 4 is 68.9 Å². The summed E-state index contributed by atoms with van der Waals surface area (Å²) in [5, 5.41) is 1.73. The van der Waals surface area contributed by atoms with E-state index in [1.807, 2.05) is 30.3 Å². The molecule has 0 aliphatic heterocycles. The van der Waals surface area contributed by atoms with Gasteiger partial charge in [-0.3, -0.25) is 0 Å². The Balaban J connectivity index is 0. The van der Waals surface area contributed by atoms with Crippen LogP contribution >= 0.6 is 38.5 Å². The molecule has 0 fully saturated rings. The van der Waals surface area contributed by atoms with Crippen LogP contribution < -0.4 is 23.6 Å². The van der Waals surface area contributed by atoms with E-state index >= 15 is 0 Å². The Hall–Kier alpha value is -1.86. The molecule has 1 heterocycles. The van der Waals surface area contributed by atoms with E-state index < -0.39 is 11.6 Å². The van der Waals surface area contributed by atoms with Crippen molar-refractivity contribution in [2.75, 3.05) is 0 Å². The third-order valence-corrected chi connectivity index (χ3v) is 6.05. The van der Waals surface area contributed by atoms with Gasteiger partial charge in [0.25, 0.3) is 0 Å². The molecule has 0 aliphatic carbocycles. The van der Waals surface area contributed by atoms with Crippen LogP contribution in [0.5, 0.6) is 11.5 Å².